The molecule has 2 aromatic carbocycles. The number of hydrogen-bond donors (Lipinski definition) is 2. The lowest BCUT2D eigenvalue weighted by Gasteiger charge is -2.16. The molecule has 1 fully saturated rings. The van der Waals surface area contributed by atoms with E-state index >= 15 is 0 Å². The molecule has 0 saturated carbocycles. The fraction of sp³-hybridized carbons (Fsp3) is 0.379. The number of nitrogens with one attached hydrogen (secondary N) is 1. The van der Waals surface area contributed by atoms with Crippen LogP contribution in [0.3, 0.4) is 0 Å². The van der Waals surface area contributed by atoms with Gasteiger partial charge in [-0.25, -0.2) is 9.78 Å². The zero-order chi connectivity index (χ0) is 24.2. The smallest absolute Gasteiger partial charge is 0.337 e. The van der Waals surface area contributed by atoms with Crippen molar-refractivity contribution in [2.75, 3.05) is 38.6 Å². The molecule has 1 aliphatic heterocycles. The van der Waals surface area contributed by atoms with Gasteiger partial charge in [0.05, 0.1) is 12.7 Å². The van der Waals surface area contributed by atoms with Gasteiger partial charge in [-0.1, -0.05) is 18.2 Å². The molecule has 5 rings (SSSR count). The second-order valence-corrected chi connectivity index (χ2v) is 9.57. The van der Waals surface area contributed by atoms with E-state index in [-0.39, 0.29) is 11.7 Å². The number of carbonyl (C=O) groups is 1. The Kier molecular flexibility index (Phi) is 7.00. The molecule has 1 aromatic heterocycles. The average Bonchev–Trinajstić information content (AvgIpc) is 3.50. The van der Waals surface area contributed by atoms with E-state index in [1.165, 1.54) is 51.6 Å². The molecule has 0 bridgehead atoms. The number of phenols is 1. The maximum Gasteiger partial charge on any atom is 0.337 e. The first kappa shape index (κ1) is 23.4. The van der Waals surface area contributed by atoms with Crippen molar-refractivity contribution < 1.29 is 14.6 Å². The molecule has 182 valence electrons. The normalized spacial score (nSPS) is 14.5. The van der Waals surface area contributed by atoms with Gasteiger partial charge in [-0.2, -0.15) is 0 Å². The van der Waals surface area contributed by atoms with Gasteiger partial charge in [-0.05, 0) is 104 Å². The van der Waals surface area contributed by atoms with Gasteiger partial charge in [0.2, 0.25) is 0 Å². The molecule has 3 aromatic rings. The van der Waals surface area contributed by atoms with Gasteiger partial charge >= 0.3 is 5.97 Å². The van der Waals surface area contributed by atoms with Crippen LogP contribution >= 0.6 is 0 Å². The van der Waals surface area contributed by atoms with Crippen LogP contribution in [0.25, 0.3) is 11.1 Å². The Balaban J connectivity index is 1.38. The molecule has 1 saturated heterocycles. The molecule has 1 aliphatic carbocycles. The summed E-state index contributed by atoms with van der Waals surface area (Å²) in [6, 6.07) is 15.3. The van der Waals surface area contributed by atoms with Crippen LogP contribution < -0.4 is 5.32 Å². The number of methoxy groups -OCH3 is 1. The maximum atomic E-state index is 12.1. The highest BCUT2D eigenvalue weighted by Gasteiger charge is 2.25. The SMILES string of the molecule is COC(=O)c1ccc2c(c1)Cc1cc(Cc3cccc(O)c3)nc(NCCCCN3CCCC3)c1-2. The summed E-state index contributed by atoms with van der Waals surface area (Å²) in [5.41, 5.74) is 7.16. The Labute approximate surface area is 207 Å². The molecular formula is C29H33N3O3. The van der Waals surface area contributed by atoms with Crippen molar-refractivity contribution >= 4 is 11.8 Å². The van der Waals surface area contributed by atoms with E-state index in [1.807, 2.05) is 30.3 Å². The predicted molar refractivity (Wildman–Crippen MR) is 138 cm³/mol. The summed E-state index contributed by atoms with van der Waals surface area (Å²) < 4.78 is 4.92. The number of ether oxygens (including phenoxy) is 1. The Morgan fingerprint density at radius 3 is 2.74 bits per heavy atom. The van der Waals surface area contributed by atoms with Gasteiger partial charge in [0.25, 0.3) is 0 Å². The van der Waals surface area contributed by atoms with Crippen molar-refractivity contribution in [3.63, 3.8) is 0 Å². The lowest BCUT2D eigenvalue weighted by Crippen LogP contribution is -2.21. The van der Waals surface area contributed by atoms with E-state index in [4.69, 9.17) is 9.72 Å². The van der Waals surface area contributed by atoms with Crippen molar-refractivity contribution in [2.45, 2.75) is 38.5 Å². The van der Waals surface area contributed by atoms with E-state index in [0.717, 1.165) is 53.2 Å². The number of likely N-dealkylation sites (tertiary alicyclic amines) is 1. The van der Waals surface area contributed by atoms with Crippen LogP contribution in [0.2, 0.25) is 0 Å². The zero-order valence-corrected chi connectivity index (χ0v) is 20.3. The van der Waals surface area contributed by atoms with Gasteiger partial charge in [0.15, 0.2) is 0 Å². The molecule has 0 amide bonds. The van der Waals surface area contributed by atoms with Crippen LogP contribution in [0.1, 0.15) is 58.4 Å². The standard InChI is InChI=1S/C29H33N3O3/c1-35-29(34)21-9-10-26-22(17-21)18-23-19-24(15-20-7-6-8-25(33)16-20)31-28(27(23)26)30-11-2-3-12-32-13-4-5-14-32/h6-10,16-17,19,33H,2-5,11-15,18H2,1H3,(H,30,31). The lowest BCUT2D eigenvalue weighted by atomic mass is 10.0. The van der Waals surface area contributed by atoms with Gasteiger partial charge < -0.3 is 20.1 Å². The molecule has 35 heavy (non-hydrogen) atoms. The van der Waals surface area contributed by atoms with Crippen LogP contribution in [-0.4, -0.2) is 54.2 Å². The number of esters is 1. The lowest BCUT2D eigenvalue weighted by molar-refractivity contribution is 0.0600. The monoisotopic (exact) mass is 471 g/mol. The average molecular weight is 472 g/mol. The number of carbonyl (C=O) groups excluding carboxylic acids is 1. The first-order chi connectivity index (χ1) is 17.1. The number of rotatable bonds is 9. The number of anilines is 1. The van der Waals surface area contributed by atoms with Crippen LogP contribution in [0, 0.1) is 0 Å². The molecule has 6 heteroatoms. The fourth-order valence-corrected chi connectivity index (χ4v) is 5.30. The van der Waals surface area contributed by atoms with Gasteiger partial charge in [0, 0.05) is 24.2 Å². The number of benzene rings is 2. The van der Waals surface area contributed by atoms with E-state index < -0.39 is 0 Å². The van der Waals surface area contributed by atoms with E-state index in [2.05, 4.69) is 16.3 Å². The molecule has 0 atom stereocenters. The van der Waals surface area contributed by atoms with E-state index in [9.17, 15) is 9.90 Å². The summed E-state index contributed by atoms with van der Waals surface area (Å²) in [4.78, 5) is 19.6. The molecule has 0 radical (unpaired) electrons. The maximum absolute atomic E-state index is 12.1. The highest BCUT2D eigenvalue weighted by Crippen LogP contribution is 2.41. The van der Waals surface area contributed by atoms with Crippen molar-refractivity contribution in [2.24, 2.45) is 0 Å². The number of hydrogen-bond acceptors (Lipinski definition) is 6. The first-order valence-corrected chi connectivity index (χ1v) is 12.6. The third kappa shape index (κ3) is 5.33. The minimum Gasteiger partial charge on any atom is -0.508 e. The number of aromatic hydroxyl groups is 1. The topological polar surface area (TPSA) is 74.7 Å². The van der Waals surface area contributed by atoms with Crippen molar-refractivity contribution in [3.8, 4) is 16.9 Å². The third-order valence-corrected chi connectivity index (χ3v) is 7.02. The number of unbranched alkanes of at least 4 members (excludes halogenated alkanes) is 1. The third-order valence-electron chi connectivity index (χ3n) is 7.02. The second-order valence-electron chi connectivity index (χ2n) is 9.57. The summed E-state index contributed by atoms with van der Waals surface area (Å²) in [7, 11) is 1.41. The molecule has 6 nitrogen and oxygen atoms in total. The number of pyridine rings is 1. The Bertz CT molecular complexity index is 1220. The summed E-state index contributed by atoms with van der Waals surface area (Å²) in [5, 5.41) is 13.5. The molecule has 2 heterocycles. The van der Waals surface area contributed by atoms with Gasteiger partial charge in [-0.15, -0.1) is 0 Å². The quantitative estimate of drug-likeness (QED) is 0.264. The minimum atomic E-state index is -0.317. The van der Waals surface area contributed by atoms with Crippen LogP contribution in [0.15, 0.2) is 48.5 Å². The highest BCUT2D eigenvalue weighted by atomic mass is 16.5. The molecular weight excluding hydrogens is 438 g/mol. The van der Waals surface area contributed by atoms with Crippen LogP contribution in [0.4, 0.5) is 5.82 Å². The second kappa shape index (κ2) is 10.5. The van der Waals surface area contributed by atoms with Crippen LogP contribution in [0.5, 0.6) is 5.75 Å². The number of aromatic nitrogens is 1. The number of fused-ring (bicyclic) bond motifs is 3. The summed E-state index contributed by atoms with van der Waals surface area (Å²) in [5.74, 6) is 0.856. The summed E-state index contributed by atoms with van der Waals surface area (Å²) in [6.45, 7) is 4.52. The van der Waals surface area contributed by atoms with E-state index in [0.29, 0.717) is 12.0 Å². The van der Waals surface area contributed by atoms with Gasteiger partial charge in [-0.3, -0.25) is 0 Å². The summed E-state index contributed by atoms with van der Waals surface area (Å²) in [6.07, 6.45) is 6.34. The number of phenolic OH excluding ortho intramolecular Hbond substituents is 1. The van der Waals surface area contributed by atoms with E-state index in [1.54, 1.807) is 12.1 Å². The fourth-order valence-electron chi connectivity index (χ4n) is 5.30. The predicted octanol–water partition coefficient (Wildman–Crippen LogP) is 5.02. The van der Waals surface area contributed by atoms with Crippen molar-refractivity contribution in [1.29, 1.82) is 0 Å². The Hall–Kier alpha value is -3.38. The minimum absolute atomic E-state index is 0.266. The zero-order valence-electron chi connectivity index (χ0n) is 20.3. The molecule has 0 spiro atoms. The highest BCUT2D eigenvalue weighted by molar-refractivity contribution is 5.93. The van der Waals surface area contributed by atoms with Crippen molar-refractivity contribution in [1.82, 2.24) is 9.88 Å². The summed E-state index contributed by atoms with van der Waals surface area (Å²) >= 11 is 0. The molecule has 2 aliphatic rings. The van der Waals surface area contributed by atoms with Gasteiger partial charge in [0.1, 0.15) is 11.6 Å². The largest absolute Gasteiger partial charge is 0.508 e. The van der Waals surface area contributed by atoms with Crippen LogP contribution in [-0.2, 0) is 17.6 Å². The molecule has 2 N–H and O–H groups in total. The number of nitrogens with zero attached hydrogens (tertiary/aromatic N) is 2. The molecule has 0 unspecified atom stereocenters. The Morgan fingerprint density at radius 2 is 1.94 bits per heavy atom. The first-order valence-electron chi connectivity index (χ1n) is 12.6. The Morgan fingerprint density at radius 1 is 1.09 bits per heavy atom. The van der Waals surface area contributed by atoms with Crippen molar-refractivity contribution in [3.05, 3.63) is 76.5 Å².